The molecular formula is C32H38N8O2. The zero-order valence-electron chi connectivity index (χ0n) is 25.3. The summed E-state index contributed by atoms with van der Waals surface area (Å²) >= 11 is 0. The number of anilines is 4. The van der Waals surface area contributed by atoms with Crippen LogP contribution >= 0.6 is 0 Å². The summed E-state index contributed by atoms with van der Waals surface area (Å²) in [5.41, 5.74) is 6.01. The molecule has 0 spiro atoms. The number of aryl methyl sites for hydroxylation is 2. The average Bonchev–Trinajstić information content (AvgIpc) is 3.28. The van der Waals surface area contributed by atoms with Gasteiger partial charge in [0.05, 0.1) is 40.9 Å². The highest BCUT2D eigenvalue weighted by Crippen LogP contribution is 2.38. The smallest absolute Gasteiger partial charge is 0.247 e. The largest absolute Gasteiger partial charge is 0.494 e. The summed E-state index contributed by atoms with van der Waals surface area (Å²) in [4.78, 5) is 25.9. The Kier molecular flexibility index (Phi) is 9.13. The zero-order chi connectivity index (χ0) is 30.6. The van der Waals surface area contributed by atoms with E-state index < -0.39 is 0 Å². The van der Waals surface area contributed by atoms with Crippen LogP contribution in [0.3, 0.4) is 0 Å². The molecule has 0 atom stereocenters. The van der Waals surface area contributed by atoms with Crippen LogP contribution in [-0.4, -0.2) is 65.7 Å². The Morgan fingerprint density at radius 1 is 1.21 bits per heavy atom. The number of nitrogens with zero attached hydrogens (tertiary/aromatic N) is 6. The Morgan fingerprint density at radius 3 is 2.64 bits per heavy atom. The Labute approximate surface area is 247 Å². The van der Waals surface area contributed by atoms with Crippen molar-refractivity contribution in [3.05, 3.63) is 66.5 Å². The van der Waals surface area contributed by atoms with E-state index in [9.17, 15) is 10.1 Å². The Hall–Kier alpha value is -4.88. The molecule has 1 amide bonds. The lowest BCUT2D eigenvalue weighted by Crippen LogP contribution is -2.35. The minimum atomic E-state index is -0.321. The zero-order valence-corrected chi connectivity index (χ0v) is 25.3. The van der Waals surface area contributed by atoms with Crippen LogP contribution in [0.25, 0.3) is 22.2 Å². The highest BCUT2D eigenvalue weighted by atomic mass is 16.5. The van der Waals surface area contributed by atoms with Gasteiger partial charge in [0.15, 0.2) is 0 Å². The topological polar surface area (TPSA) is 111 Å². The van der Waals surface area contributed by atoms with Gasteiger partial charge >= 0.3 is 0 Å². The Bertz CT molecular complexity index is 1670. The molecule has 42 heavy (non-hydrogen) atoms. The van der Waals surface area contributed by atoms with E-state index in [4.69, 9.17) is 9.72 Å². The van der Waals surface area contributed by atoms with Gasteiger partial charge in [0.1, 0.15) is 11.8 Å². The van der Waals surface area contributed by atoms with E-state index in [0.29, 0.717) is 40.4 Å². The number of hydrogen-bond donors (Lipinski definition) is 2. The van der Waals surface area contributed by atoms with Crippen LogP contribution in [-0.2, 0) is 11.8 Å². The summed E-state index contributed by atoms with van der Waals surface area (Å²) in [6.45, 7) is 11.5. The van der Waals surface area contributed by atoms with Crippen molar-refractivity contribution in [1.29, 1.82) is 5.26 Å². The van der Waals surface area contributed by atoms with Gasteiger partial charge in [-0.1, -0.05) is 6.58 Å². The number of rotatable bonds is 11. The average molecular weight is 567 g/mol. The second-order valence-corrected chi connectivity index (χ2v) is 10.6. The van der Waals surface area contributed by atoms with Crippen molar-refractivity contribution in [3.63, 3.8) is 0 Å². The molecule has 0 aliphatic carbocycles. The van der Waals surface area contributed by atoms with E-state index in [1.54, 1.807) is 19.4 Å². The number of nitriles is 1. The van der Waals surface area contributed by atoms with Crippen molar-refractivity contribution in [2.75, 3.05) is 49.8 Å². The summed E-state index contributed by atoms with van der Waals surface area (Å²) in [5, 5.41) is 17.0. The first-order valence-electron chi connectivity index (χ1n) is 13.7. The molecule has 10 heteroatoms. The maximum Gasteiger partial charge on any atom is 0.247 e. The van der Waals surface area contributed by atoms with Crippen LogP contribution in [0, 0.1) is 18.3 Å². The lowest BCUT2D eigenvalue weighted by atomic mass is 10.0. The third-order valence-corrected chi connectivity index (χ3v) is 7.44. The number of carbonyl (C=O) groups is 1. The van der Waals surface area contributed by atoms with Gasteiger partial charge in [-0.15, -0.1) is 0 Å². The first-order valence-corrected chi connectivity index (χ1v) is 13.7. The highest BCUT2D eigenvalue weighted by molar-refractivity contribution is 6.02. The summed E-state index contributed by atoms with van der Waals surface area (Å²) in [5.74, 6) is 0.584. The SMILES string of the molecule is C=CC(=O)Nc1cc(Nc2nccc(-c3cc(C#N)c4c(c3)c(C)cn4C)n2)c(OC)cc1N(C)CCN(C)C(C)C. The quantitative estimate of drug-likeness (QED) is 0.230. The summed E-state index contributed by atoms with van der Waals surface area (Å²) in [6, 6.07) is 12.1. The maximum absolute atomic E-state index is 12.4. The van der Waals surface area contributed by atoms with E-state index in [-0.39, 0.29) is 5.91 Å². The molecule has 2 aromatic carbocycles. The van der Waals surface area contributed by atoms with Gasteiger partial charge in [0, 0.05) is 62.6 Å². The molecule has 4 aromatic rings. The minimum Gasteiger partial charge on any atom is -0.494 e. The van der Waals surface area contributed by atoms with Gasteiger partial charge in [-0.3, -0.25) is 4.79 Å². The molecule has 0 aliphatic rings. The van der Waals surface area contributed by atoms with E-state index in [1.165, 1.54) is 6.08 Å². The van der Waals surface area contributed by atoms with Gasteiger partial charge in [-0.05, 0) is 63.7 Å². The van der Waals surface area contributed by atoms with Crippen molar-refractivity contribution in [1.82, 2.24) is 19.4 Å². The van der Waals surface area contributed by atoms with Crippen molar-refractivity contribution >= 4 is 39.8 Å². The Morgan fingerprint density at radius 2 is 1.98 bits per heavy atom. The van der Waals surface area contributed by atoms with Crippen molar-refractivity contribution in [3.8, 4) is 23.1 Å². The van der Waals surface area contributed by atoms with E-state index in [0.717, 1.165) is 40.8 Å². The molecule has 0 radical (unpaired) electrons. The standard InChI is InChI=1S/C32H38N8O2/c1-9-30(41)35-26-16-27(29(42-8)17-28(26)39(6)13-12-38(5)20(2)3)37-32-34-11-10-25(36-32)22-14-23(18-33)31-24(15-22)21(4)19-40(31)7/h9-11,14-17,19-20H,1,12-13H2,2-8H3,(H,35,41)(H,34,36,37). The third-order valence-electron chi connectivity index (χ3n) is 7.44. The predicted octanol–water partition coefficient (Wildman–Crippen LogP) is 5.47. The summed E-state index contributed by atoms with van der Waals surface area (Å²) in [7, 11) is 7.60. The molecule has 2 aromatic heterocycles. The number of benzene rings is 2. The second kappa shape index (κ2) is 12.7. The number of fused-ring (bicyclic) bond motifs is 1. The van der Waals surface area contributed by atoms with E-state index >= 15 is 0 Å². The lowest BCUT2D eigenvalue weighted by molar-refractivity contribution is -0.111. The Balaban J connectivity index is 1.70. The molecule has 10 nitrogen and oxygen atoms in total. The number of hydrogen-bond acceptors (Lipinski definition) is 8. The fraction of sp³-hybridized carbons (Fsp3) is 0.312. The van der Waals surface area contributed by atoms with Gasteiger partial charge in [0.2, 0.25) is 11.9 Å². The maximum atomic E-state index is 12.4. The molecule has 0 unspecified atom stereocenters. The van der Waals surface area contributed by atoms with Crippen LogP contribution in [0.4, 0.5) is 23.0 Å². The van der Waals surface area contributed by atoms with E-state index in [1.807, 2.05) is 56.0 Å². The second-order valence-electron chi connectivity index (χ2n) is 10.6. The lowest BCUT2D eigenvalue weighted by Gasteiger charge is -2.28. The molecule has 0 bridgehead atoms. The number of carbonyl (C=O) groups excluding carboxylic acids is 1. The third kappa shape index (κ3) is 6.37. The van der Waals surface area contributed by atoms with Crippen LogP contribution in [0.5, 0.6) is 5.75 Å². The van der Waals surface area contributed by atoms with Crippen molar-refractivity contribution in [2.24, 2.45) is 7.05 Å². The molecule has 2 heterocycles. The molecule has 218 valence electrons. The van der Waals surface area contributed by atoms with Gasteiger partial charge in [-0.2, -0.15) is 5.26 Å². The number of amides is 1. The first kappa shape index (κ1) is 30.1. The molecule has 0 aliphatic heterocycles. The van der Waals surface area contributed by atoms with Gasteiger partial charge in [-0.25, -0.2) is 9.97 Å². The summed E-state index contributed by atoms with van der Waals surface area (Å²) in [6.07, 6.45) is 4.92. The molecule has 2 N–H and O–H groups in total. The van der Waals surface area contributed by atoms with Crippen LogP contribution in [0.2, 0.25) is 0 Å². The van der Waals surface area contributed by atoms with Crippen molar-refractivity contribution < 1.29 is 9.53 Å². The normalized spacial score (nSPS) is 11.0. The van der Waals surface area contributed by atoms with E-state index in [2.05, 4.69) is 59.0 Å². The van der Waals surface area contributed by atoms with Gasteiger partial charge in [0.25, 0.3) is 0 Å². The molecule has 4 rings (SSSR count). The van der Waals surface area contributed by atoms with Crippen LogP contribution in [0.1, 0.15) is 25.0 Å². The van der Waals surface area contributed by atoms with Crippen molar-refractivity contribution in [2.45, 2.75) is 26.8 Å². The highest BCUT2D eigenvalue weighted by Gasteiger charge is 2.18. The molecular weight excluding hydrogens is 528 g/mol. The molecule has 0 saturated carbocycles. The number of methoxy groups -OCH3 is 1. The predicted molar refractivity (Wildman–Crippen MR) is 170 cm³/mol. The number of nitrogens with one attached hydrogen (secondary N) is 2. The minimum absolute atomic E-state index is 0.321. The monoisotopic (exact) mass is 566 g/mol. The molecule has 0 fully saturated rings. The fourth-order valence-electron chi connectivity index (χ4n) is 4.79. The number of ether oxygens (including phenoxy) is 1. The fourth-order valence-corrected chi connectivity index (χ4v) is 4.79. The number of likely N-dealkylation sites (N-methyl/N-ethyl adjacent to an activating group) is 2. The summed E-state index contributed by atoms with van der Waals surface area (Å²) < 4.78 is 7.71. The number of aromatic nitrogens is 3. The van der Waals surface area contributed by atoms with Crippen LogP contribution < -0.4 is 20.3 Å². The van der Waals surface area contributed by atoms with Gasteiger partial charge < -0.3 is 29.7 Å². The first-order chi connectivity index (χ1) is 20.1. The molecule has 0 saturated heterocycles. The van der Waals surface area contributed by atoms with Crippen LogP contribution in [0.15, 0.2) is 55.4 Å².